The Balaban J connectivity index is 2.28. The number of nitriles is 1. The zero-order valence-electron chi connectivity index (χ0n) is 12.8. The lowest BCUT2D eigenvalue weighted by atomic mass is 9.70. The molecule has 21 heavy (non-hydrogen) atoms. The molecule has 1 aromatic carbocycles. The third-order valence-electron chi connectivity index (χ3n) is 4.51. The molecule has 0 heterocycles. The Morgan fingerprint density at radius 3 is 2.52 bits per heavy atom. The van der Waals surface area contributed by atoms with Gasteiger partial charge < -0.3 is 0 Å². The average Bonchev–Trinajstić information content (AvgIpc) is 2.45. The van der Waals surface area contributed by atoms with E-state index in [0.29, 0.717) is 5.92 Å². The Morgan fingerprint density at radius 1 is 1.29 bits per heavy atom. The molecular formula is C17H22BrNOS. The Kier molecular flexibility index (Phi) is 5.27. The highest BCUT2D eigenvalue weighted by molar-refractivity contribution is 9.10. The Bertz CT molecular complexity index is 573. The third-order valence-corrected chi connectivity index (χ3v) is 7.33. The lowest BCUT2D eigenvalue weighted by Gasteiger charge is -2.39. The summed E-state index contributed by atoms with van der Waals surface area (Å²) in [6.45, 7) is 6.72. The first-order valence-corrected chi connectivity index (χ1v) is 9.40. The minimum Gasteiger partial charge on any atom is -0.254 e. The minimum atomic E-state index is -1.14. The molecule has 0 aromatic heterocycles. The van der Waals surface area contributed by atoms with Gasteiger partial charge in [0.1, 0.15) is 0 Å². The van der Waals surface area contributed by atoms with Gasteiger partial charge in [-0.25, -0.2) is 0 Å². The quantitative estimate of drug-likeness (QED) is 0.744. The van der Waals surface area contributed by atoms with Gasteiger partial charge in [-0.2, -0.15) is 5.26 Å². The average molecular weight is 368 g/mol. The zero-order chi connectivity index (χ0) is 15.6. The van der Waals surface area contributed by atoms with Crippen LogP contribution in [0, 0.1) is 28.6 Å². The minimum absolute atomic E-state index is 0.0633. The number of benzene rings is 1. The second-order valence-electron chi connectivity index (χ2n) is 6.88. The summed E-state index contributed by atoms with van der Waals surface area (Å²) in [7, 11) is -1.14. The van der Waals surface area contributed by atoms with E-state index in [-0.39, 0.29) is 16.6 Å². The summed E-state index contributed by atoms with van der Waals surface area (Å²) in [5.74, 6) is 0.426. The van der Waals surface area contributed by atoms with Crippen LogP contribution >= 0.6 is 15.9 Å². The predicted molar refractivity (Wildman–Crippen MR) is 90.2 cm³/mol. The first kappa shape index (κ1) is 16.7. The number of hydrogen-bond acceptors (Lipinski definition) is 2. The van der Waals surface area contributed by atoms with Gasteiger partial charge in [0, 0.05) is 4.47 Å². The molecule has 0 N–H and O–H groups in total. The van der Waals surface area contributed by atoms with Crippen LogP contribution in [0.4, 0.5) is 0 Å². The number of hydrogen-bond donors (Lipinski definition) is 0. The van der Waals surface area contributed by atoms with Gasteiger partial charge in [-0.1, -0.05) is 32.9 Å². The molecule has 2 rings (SSSR count). The number of rotatable bonds is 2. The van der Waals surface area contributed by atoms with Crippen LogP contribution in [0.15, 0.2) is 33.6 Å². The van der Waals surface area contributed by atoms with Crippen molar-refractivity contribution in [2.24, 2.45) is 17.3 Å². The Morgan fingerprint density at radius 2 is 1.95 bits per heavy atom. The number of nitrogens with zero attached hydrogens (tertiary/aromatic N) is 1. The molecule has 114 valence electrons. The standard InChI is InChI=1S/C17H22BrNOS/c1-17(2,3)13-9-8-12(11-19)16(10-13)21(20)15-7-5-4-6-14(15)18/h4-7,12-13,16H,8-10H2,1-3H3. The van der Waals surface area contributed by atoms with Crippen LogP contribution in [0.2, 0.25) is 0 Å². The van der Waals surface area contributed by atoms with Crippen LogP contribution in [0.5, 0.6) is 0 Å². The Hall–Kier alpha value is -0.660. The van der Waals surface area contributed by atoms with Crippen molar-refractivity contribution in [2.45, 2.75) is 50.2 Å². The molecule has 0 radical (unpaired) electrons. The van der Waals surface area contributed by atoms with E-state index in [0.717, 1.165) is 28.6 Å². The lowest BCUT2D eigenvalue weighted by molar-refractivity contribution is 0.167. The first-order chi connectivity index (χ1) is 9.84. The van der Waals surface area contributed by atoms with Crippen molar-refractivity contribution in [3.63, 3.8) is 0 Å². The summed E-state index contributed by atoms with van der Waals surface area (Å²) in [5.41, 5.74) is 0.205. The van der Waals surface area contributed by atoms with E-state index in [9.17, 15) is 9.47 Å². The largest absolute Gasteiger partial charge is 0.254 e. The fourth-order valence-corrected chi connectivity index (χ4v) is 5.54. The maximum Gasteiger partial charge on any atom is 0.0668 e. The van der Waals surface area contributed by atoms with E-state index in [4.69, 9.17) is 0 Å². The van der Waals surface area contributed by atoms with E-state index in [2.05, 4.69) is 42.8 Å². The normalized spacial score (nSPS) is 27.9. The Labute approximate surface area is 138 Å². The van der Waals surface area contributed by atoms with Gasteiger partial charge in [-0.15, -0.1) is 0 Å². The predicted octanol–water partition coefficient (Wildman–Crippen LogP) is 4.91. The van der Waals surface area contributed by atoms with Crippen molar-refractivity contribution < 1.29 is 4.21 Å². The molecule has 0 spiro atoms. The molecule has 1 saturated carbocycles. The summed E-state index contributed by atoms with van der Waals surface area (Å²) in [4.78, 5) is 0.817. The molecule has 4 heteroatoms. The highest BCUT2D eigenvalue weighted by Crippen LogP contribution is 2.42. The van der Waals surface area contributed by atoms with Gasteiger partial charge in [0.25, 0.3) is 0 Å². The molecule has 1 aromatic rings. The smallest absolute Gasteiger partial charge is 0.0668 e. The SMILES string of the molecule is CC(C)(C)C1CCC(C#N)C(S(=O)c2ccccc2Br)C1. The van der Waals surface area contributed by atoms with E-state index >= 15 is 0 Å². The van der Waals surface area contributed by atoms with Crippen molar-refractivity contribution in [2.75, 3.05) is 0 Å². The monoisotopic (exact) mass is 367 g/mol. The summed E-state index contributed by atoms with van der Waals surface area (Å²) in [5, 5.41) is 9.36. The topological polar surface area (TPSA) is 40.9 Å². The van der Waals surface area contributed by atoms with Gasteiger partial charge >= 0.3 is 0 Å². The van der Waals surface area contributed by atoms with E-state index in [1.165, 1.54) is 0 Å². The fraction of sp³-hybridized carbons (Fsp3) is 0.588. The van der Waals surface area contributed by atoms with Gasteiger partial charge in [-0.3, -0.25) is 4.21 Å². The van der Waals surface area contributed by atoms with Crippen molar-refractivity contribution in [3.05, 3.63) is 28.7 Å². The maximum atomic E-state index is 13.0. The van der Waals surface area contributed by atoms with Crippen molar-refractivity contribution in [1.82, 2.24) is 0 Å². The van der Waals surface area contributed by atoms with E-state index in [1.54, 1.807) is 0 Å². The van der Waals surface area contributed by atoms with Crippen LogP contribution in [0.1, 0.15) is 40.0 Å². The summed E-state index contributed by atoms with van der Waals surface area (Å²) in [6.07, 6.45) is 2.79. The van der Waals surface area contributed by atoms with Gasteiger partial charge in [0.15, 0.2) is 0 Å². The van der Waals surface area contributed by atoms with Crippen molar-refractivity contribution in [1.29, 1.82) is 5.26 Å². The van der Waals surface area contributed by atoms with Crippen molar-refractivity contribution in [3.8, 4) is 6.07 Å². The van der Waals surface area contributed by atoms with Crippen molar-refractivity contribution >= 4 is 26.7 Å². The molecule has 1 aliphatic carbocycles. The molecule has 1 aliphatic rings. The molecule has 0 amide bonds. The summed E-state index contributed by atoms with van der Waals surface area (Å²) in [6, 6.07) is 10.0. The zero-order valence-corrected chi connectivity index (χ0v) is 15.2. The van der Waals surface area contributed by atoms with Crippen LogP contribution in [-0.4, -0.2) is 9.46 Å². The van der Waals surface area contributed by atoms with Crippen LogP contribution < -0.4 is 0 Å². The molecule has 0 saturated heterocycles. The fourth-order valence-electron chi connectivity index (χ4n) is 3.07. The second-order valence-corrected chi connectivity index (χ2v) is 9.37. The maximum absolute atomic E-state index is 13.0. The van der Waals surface area contributed by atoms with E-state index in [1.807, 2.05) is 24.3 Å². The van der Waals surface area contributed by atoms with Crippen LogP contribution in [0.3, 0.4) is 0 Å². The van der Waals surface area contributed by atoms with Gasteiger partial charge in [-0.05, 0) is 58.7 Å². The first-order valence-electron chi connectivity index (χ1n) is 7.39. The molecular weight excluding hydrogens is 346 g/mol. The van der Waals surface area contributed by atoms with Crippen LogP contribution in [-0.2, 0) is 10.8 Å². The molecule has 0 bridgehead atoms. The summed E-state index contributed by atoms with van der Waals surface area (Å²) < 4.78 is 13.9. The van der Waals surface area contributed by atoms with Gasteiger partial charge in [0.2, 0.25) is 0 Å². The number of halogens is 1. The van der Waals surface area contributed by atoms with E-state index < -0.39 is 10.8 Å². The summed E-state index contributed by atoms with van der Waals surface area (Å²) >= 11 is 3.48. The molecule has 2 nitrogen and oxygen atoms in total. The van der Waals surface area contributed by atoms with Gasteiger partial charge in [0.05, 0.1) is 32.9 Å². The second kappa shape index (κ2) is 6.62. The molecule has 4 atom stereocenters. The highest BCUT2D eigenvalue weighted by atomic mass is 79.9. The molecule has 0 aliphatic heterocycles. The highest BCUT2D eigenvalue weighted by Gasteiger charge is 2.39. The lowest BCUT2D eigenvalue weighted by Crippen LogP contribution is -2.37. The molecule has 4 unspecified atom stereocenters. The molecule has 1 fully saturated rings. The van der Waals surface area contributed by atoms with Crippen LogP contribution in [0.25, 0.3) is 0 Å². The third kappa shape index (κ3) is 3.76.